The van der Waals surface area contributed by atoms with Gasteiger partial charge in [-0.25, -0.2) is 9.67 Å². The number of carbonyl (C=O) groups excluding carboxylic acids is 1. The van der Waals surface area contributed by atoms with Crippen molar-refractivity contribution in [1.29, 1.82) is 0 Å². The maximum atomic E-state index is 10.5. The molecule has 78 valence electrons. The van der Waals surface area contributed by atoms with Crippen LogP contribution in [0.5, 0.6) is 0 Å². The Morgan fingerprint density at radius 2 is 2.50 bits per heavy atom. The van der Waals surface area contributed by atoms with Crippen LogP contribution in [-0.4, -0.2) is 21.1 Å². The Hall–Kier alpha value is -0.900. The molecule has 1 atom stereocenters. The fraction of sp³-hybridized carbons (Fsp3) is 0.667. The summed E-state index contributed by atoms with van der Waals surface area (Å²) in [5.74, 6) is 0.164. The van der Waals surface area contributed by atoms with Crippen LogP contribution >= 0.6 is 11.6 Å². The molecule has 1 rings (SSSR count). The van der Waals surface area contributed by atoms with Crippen LogP contribution in [0.25, 0.3) is 0 Å². The van der Waals surface area contributed by atoms with Crippen molar-refractivity contribution in [2.24, 2.45) is 5.92 Å². The molecule has 1 heterocycles. The molecule has 5 heteroatoms. The Morgan fingerprint density at radius 1 is 1.71 bits per heavy atom. The Labute approximate surface area is 88.3 Å². The lowest BCUT2D eigenvalue weighted by Crippen LogP contribution is -2.05. The molecule has 0 aliphatic rings. The van der Waals surface area contributed by atoms with Crippen molar-refractivity contribution in [2.45, 2.75) is 32.7 Å². The first-order valence-corrected chi connectivity index (χ1v) is 5.14. The summed E-state index contributed by atoms with van der Waals surface area (Å²) >= 11 is 5.74. The van der Waals surface area contributed by atoms with Gasteiger partial charge in [0.25, 0.3) is 0 Å². The number of aryl methyl sites for hydroxylation is 1. The second-order valence-electron chi connectivity index (χ2n) is 3.20. The first-order valence-electron chi connectivity index (χ1n) is 4.76. The number of carbonyl (C=O) groups is 1. The SMILES string of the molecule is CCC(C=O)CCCn1ncnc1Cl. The summed E-state index contributed by atoms with van der Waals surface area (Å²) in [4.78, 5) is 14.3. The molecule has 1 unspecified atom stereocenters. The van der Waals surface area contributed by atoms with Gasteiger partial charge in [0.1, 0.15) is 12.6 Å². The van der Waals surface area contributed by atoms with E-state index in [9.17, 15) is 4.79 Å². The molecular formula is C9H14ClN3O. The lowest BCUT2D eigenvalue weighted by molar-refractivity contribution is -0.111. The molecule has 0 aliphatic carbocycles. The Kier molecular flexibility index (Phi) is 4.59. The van der Waals surface area contributed by atoms with Crippen molar-refractivity contribution >= 4 is 17.9 Å². The average Bonchev–Trinajstić information content (AvgIpc) is 2.59. The Balaban J connectivity index is 2.28. The van der Waals surface area contributed by atoms with Crippen LogP contribution in [0.2, 0.25) is 5.28 Å². The topological polar surface area (TPSA) is 47.8 Å². The van der Waals surface area contributed by atoms with Gasteiger partial charge in [-0.15, -0.1) is 0 Å². The summed E-state index contributed by atoms with van der Waals surface area (Å²) in [6.07, 6.45) is 5.13. The molecule has 1 aromatic rings. The third-order valence-corrected chi connectivity index (χ3v) is 2.52. The highest BCUT2D eigenvalue weighted by molar-refractivity contribution is 6.28. The smallest absolute Gasteiger partial charge is 0.220 e. The molecule has 0 fully saturated rings. The minimum Gasteiger partial charge on any atom is -0.303 e. The minimum absolute atomic E-state index is 0.164. The van der Waals surface area contributed by atoms with E-state index in [0.29, 0.717) is 5.28 Å². The summed E-state index contributed by atoms with van der Waals surface area (Å²) < 4.78 is 1.64. The number of rotatable bonds is 6. The minimum atomic E-state index is 0.164. The van der Waals surface area contributed by atoms with Crippen molar-refractivity contribution in [3.8, 4) is 0 Å². The van der Waals surface area contributed by atoms with Gasteiger partial charge in [-0.05, 0) is 30.9 Å². The number of aldehydes is 1. The second kappa shape index (κ2) is 5.75. The van der Waals surface area contributed by atoms with Gasteiger partial charge in [-0.3, -0.25) is 0 Å². The van der Waals surface area contributed by atoms with E-state index in [1.807, 2.05) is 6.92 Å². The monoisotopic (exact) mass is 215 g/mol. The van der Waals surface area contributed by atoms with Crippen molar-refractivity contribution < 1.29 is 4.79 Å². The van der Waals surface area contributed by atoms with Gasteiger partial charge in [0, 0.05) is 12.5 Å². The molecule has 0 bridgehead atoms. The molecule has 14 heavy (non-hydrogen) atoms. The maximum absolute atomic E-state index is 10.5. The Bertz CT molecular complexity index is 287. The lowest BCUT2D eigenvalue weighted by Gasteiger charge is -2.06. The summed E-state index contributed by atoms with van der Waals surface area (Å²) in [5, 5.41) is 4.36. The summed E-state index contributed by atoms with van der Waals surface area (Å²) in [6.45, 7) is 2.74. The van der Waals surface area contributed by atoms with E-state index < -0.39 is 0 Å². The number of hydrogen-bond acceptors (Lipinski definition) is 3. The van der Waals surface area contributed by atoms with E-state index in [4.69, 9.17) is 11.6 Å². The molecule has 1 aromatic heterocycles. The Morgan fingerprint density at radius 3 is 3.00 bits per heavy atom. The molecule has 0 spiro atoms. The third kappa shape index (κ3) is 3.10. The van der Waals surface area contributed by atoms with Crippen LogP contribution < -0.4 is 0 Å². The van der Waals surface area contributed by atoms with E-state index in [-0.39, 0.29) is 5.92 Å². The average molecular weight is 216 g/mol. The predicted molar refractivity (Wildman–Crippen MR) is 54.1 cm³/mol. The molecule has 0 amide bonds. The highest BCUT2D eigenvalue weighted by Gasteiger charge is 2.05. The maximum Gasteiger partial charge on any atom is 0.220 e. The molecule has 0 aliphatic heterocycles. The van der Waals surface area contributed by atoms with Crippen molar-refractivity contribution in [1.82, 2.24) is 14.8 Å². The number of halogens is 1. The van der Waals surface area contributed by atoms with E-state index >= 15 is 0 Å². The standard InChI is InChI=1S/C9H14ClN3O/c1-2-8(6-14)4-3-5-13-9(10)11-7-12-13/h6-8H,2-5H2,1H3. The summed E-state index contributed by atoms with van der Waals surface area (Å²) in [7, 11) is 0. The van der Waals surface area contributed by atoms with Gasteiger partial charge >= 0.3 is 0 Å². The van der Waals surface area contributed by atoms with Gasteiger partial charge < -0.3 is 4.79 Å². The fourth-order valence-corrected chi connectivity index (χ4v) is 1.44. The summed E-state index contributed by atoms with van der Waals surface area (Å²) in [5.41, 5.74) is 0. The van der Waals surface area contributed by atoms with Crippen LogP contribution in [-0.2, 0) is 11.3 Å². The van der Waals surface area contributed by atoms with Crippen LogP contribution in [0.1, 0.15) is 26.2 Å². The van der Waals surface area contributed by atoms with Crippen LogP contribution in [0.15, 0.2) is 6.33 Å². The highest BCUT2D eigenvalue weighted by atomic mass is 35.5. The number of nitrogens with zero attached hydrogens (tertiary/aromatic N) is 3. The molecule has 0 radical (unpaired) electrons. The lowest BCUT2D eigenvalue weighted by atomic mass is 10.0. The van der Waals surface area contributed by atoms with Crippen LogP contribution in [0.4, 0.5) is 0 Å². The predicted octanol–water partition coefficient (Wildman–Crippen LogP) is 1.94. The zero-order valence-electron chi connectivity index (χ0n) is 8.19. The number of aromatic nitrogens is 3. The molecule has 0 saturated heterocycles. The van der Waals surface area contributed by atoms with Crippen LogP contribution in [0.3, 0.4) is 0 Å². The molecule has 4 nitrogen and oxygen atoms in total. The van der Waals surface area contributed by atoms with Crippen molar-refractivity contribution in [3.63, 3.8) is 0 Å². The third-order valence-electron chi connectivity index (χ3n) is 2.23. The normalized spacial score (nSPS) is 12.7. The van der Waals surface area contributed by atoms with Crippen LogP contribution in [0, 0.1) is 5.92 Å². The first kappa shape index (κ1) is 11.2. The van der Waals surface area contributed by atoms with E-state index in [2.05, 4.69) is 10.1 Å². The van der Waals surface area contributed by atoms with Gasteiger partial charge in [0.15, 0.2) is 0 Å². The number of hydrogen-bond donors (Lipinski definition) is 0. The second-order valence-corrected chi connectivity index (χ2v) is 3.54. The van der Waals surface area contributed by atoms with Gasteiger partial charge in [0.05, 0.1) is 0 Å². The fourth-order valence-electron chi connectivity index (χ4n) is 1.27. The first-order chi connectivity index (χ1) is 6.77. The molecule has 0 saturated carbocycles. The van der Waals surface area contributed by atoms with E-state index in [0.717, 1.165) is 32.1 Å². The molecular weight excluding hydrogens is 202 g/mol. The largest absolute Gasteiger partial charge is 0.303 e. The molecule has 0 aromatic carbocycles. The van der Waals surface area contributed by atoms with Crippen molar-refractivity contribution in [2.75, 3.05) is 0 Å². The summed E-state index contributed by atoms with van der Waals surface area (Å²) in [6, 6.07) is 0. The zero-order chi connectivity index (χ0) is 10.4. The van der Waals surface area contributed by atoms with E-state index in [1.54, 1.807) is 4.68 Å². The van der Waals surface area contributed by atoms with Gasteiger partial charge in [-0.1, -0.05) is 6.92 Å². The van der Waals surface area contributed by atoms with Crippen molar-refractivity contribution in [3.05, 3.63) is 11.6 Å². The van der Waals surface area contributed by atoms with E-state index in [1.165, 1.54) is 6.33 Å². The quantitative estimate of drug-likeness (QED) is 0.682. The van der Waals surface area contributed by atoms with Gasteiger partial charge in [0.2, 0.25) is 5.28 Å². The molecule has 0 N–H and O–H groups in total. The zero-order valence-corrected chi connectivity index (χ0v) is 8.94. The highest BCUT2D eigenvalue weighted by Crippen LogP contribution is 2.10. The van der Waals surface area contributed by atoms with Gasteiger partial charge in [-0.2, -0.15) is 5.10 Å².